The van der Waals surface area contributed by atoms with Gasteiger partial charge >= 0.3 is 0 Å². The highest BCUT2D eigenvalue weighted by Crippen LogP contribution is 2.26. The summed E-state index contributed by atoms with van der Waals surface area (Å²) in [7, 11) is 2.20. The predicted octanol–water partition coefficient (Wildman–Crippen LogP) is 3.72. The Balaban J connectivity index is 1.76. The molecule has 1 aliphatic rings. The van der Waals surface area contributed by atoms with E-state index in [2.05, 4.69) is 72.7 Å². The van der Waals surface area contributed by atoms with Gasteiger partial charge in [0, 0.05) is 31.0 Å². The molecule has 0 aromatic heterocycles. The number of likely N-dealkylation sites (N-methyl/N-ethyl adjacent to an activating group) is 1. The molecular weight excluding hydrogens is 244 g/mol. The maximum Gasteiger partial charge on any atom is 0.0500 e. The molecule has 0 aliphatic carbocycles. The number of hydrogen-bond donors (Lipinski definition) is 1. The smallest absolute Gasteiger partial charge is 0.0500 e. The molecule has 0 amide bonds. The molecule has 104 valence electrons. The second-order valence-corrected chi connectivity index (χ2v) is 5.53. The van der Waals surface area contributed by atoms with Crippen LogP contribution in [0, 0.1) is 0 Å². The van der Waals surface area contributed by atoms with E-state index in [0.29, 0.717) is 6.04 Å². The molecule has 20 heavy (non-hydrogen) atoms. The van der Waals surface area contributed by atoms with Gasteiger partial charge in [-0.2, -0.15) is 0 Å². The summed E-state index contributed by atoms with van der Waals surface area (Å²) in [5.74, 6) is 0. The fraction of sp³-hybridized carbons (Fsp3) is 0.333. The first-order chi connectivity index (χ1) is 9.78. The molecule has 1 unspecified atom stereocenters. The third kappa shape index (κ3) is 2.51. The van der Waals surface area contributed by atoms with Crippen molar-refractivity contribution >= 4 is 11.4 Å². The van der Waals surface area contributed by atoms with E-state index >= 15 is 0 Å². The van der Waals surface area contributed by atoms with E-state index in [1.54, 1.807) is 0 Å². The average molecular weight is 266 g/mol. The van der Waals surface area contributed by atoms with E-state index < -0.39 is 0 Å². The van der Waals surface area contributed by atoms with Crippen molar-refractivity contribution < 1.29 is 0 Å². The first-order valence-electron chi connectivity index (χ1n) is 7.41. The van der Waals surface area contributed by atoms with Crippen LogP contribution in [0.3, 0.4) is 0 Å². The number of hydrogen-bond acceptors (Lipinski definition) is 2. The summed E-state index contributed by atoms with van der Waals surface area (Å²) in [6, 6.07) is 18.1. The van der Waals surface area contributed by atoms with E-state index in [0.717, 1.165) is 19.4 Å². The average Bonchev–Trinajstić information content (AvgIpc) is 2.54. The SMILES string of the molecule is CCc1ccc(N(C)C2CNc3ccccc3C2)cc1. The Bertz CT molecular complexity index is 574. The topological polar surface area (TPSA) is 15.3 Å². The normalized spacial score (nSPS) is 17.2. The number of nitrogens with zero attached hydrogens (tertiary/aromatic N) is 1. The molecule has 1 heterocycles. The van der Waals surface area contributed by atoms with Crippen LogP contribution in [0.25, 0.3) is 0 Å². The van der Waals surface area contributed by atoms with Gasteiger partial charge in [-0.1, -0.05) is 37.3 Å². The summed E-state index contributed by atoms with van der Waals surface area (Å²) < 4.78 is 0. The molecule has 0 bridgehead atoms. The van der Waals surface area contributed by atoms with Gasteiger partial charge in [-0.15, -0.1) is 0 Å². The summed E-state index contributed by atoms with van der Waals surface area (Å²) >= 11 is 0. The number of fused-ring (bicyclic) bond motifs is 1. The van der Waals surface area contributed by atoms with Crippen molar-refractivity contribution in [3.05, 3.63) is 59.7 Å². The Morgan fingerprint density at radius 2 is 1.85 bits per heavy atom. The lowest BCUT2D eigenvalue weighted by Gasteiger charge is -2.34. The Kier molecular flexibility index (Phi) is 3.64. The van der Waals surface area contributed by atoms with Crippen molar-refractivity contribution in [3.8, 4) is 0 Å². The van der Waals surface area contributed by atoms with Crippen molar-refractivity contribution in [2.45, 2.75) is 25.8 Å². The molecule has 0 spiro atoms. The Labute approximate surface area is 121 Å². The van der Waals surface area contributed by atoms with Crippen molar-refractivity contribution in [1.82, 2.24) is 0 Å². The standard InChI is InChI=1S/C18H22N2/c1-3-14-8-10-16(11-9-14)20(2)17-12-15-6-4-5-7-18(15)19-13-17/h4-11,17,19H,3,12-13H2,1-2H3. The van der Waals surface area contributed by atoms with Gasteiger partial charge in [0.25, 0.3) is 0 Å². The Morgan fingerprint density at radius 3 is 2.60 bits per heavy atom. The van der Waals surface area contributed by atoms with E-state index in [9.17, 15) is 0 Å². The van der Waals surface area contributed by atoms with Crippen LogP contribution in [0.4, 0.5) is 11.4 Å². The van der Waals surface area contributed by atoms with Crippen LogP contribution in [0.15, 0.2) is 48.5 Å². The molecule has 0 saturated carbocycles. The van der Waals surface area contributed by atoms with E-state index in [-0.39, 0.29) is 0 Å². The highest BCUT2D eigenvalue weighted by Gasteiger charge is 2.21. The summed E-state index contributed by atoms with van der Waals surface area (Å²) in [6.07, 6.45) is 2.21. The highest BCUT2D eigenvalue weighted by molar-refractivity contribution is 5.56. The van der Waals surface area contributed by atoms with Gasteiger partial charge in [-0.3, -0.25) is 0 Å². The van der Waals surface area contributed by atoms with Crippen LogP contribution >= 0.6 is 0 Å². The number of aryl methyl sites for hydroxylation is 1. The zero-order chi connectivity index (χ0) is 13.9. The molecule has 2 nitrogen and oxygen atoms in total. The lowest BCUT2D eigenvalue weighted by atomic mass is 9.98. The zero-order valence-corrected chi connectivity index (χ0v) is 12.3. The Morgan fingerprint density at radius 1 is 1.10 bits per heavy atom. The van der Waals surface area contributed by atoms with Gasteiger partial charge in [0.15, 0.2) is 0 Å². The van der Waals surface area contributed by atoms with Crippen molar-refractivity contribution in [3.63, 3.8) is 0 Å². The molecule has 0 saturated heterocycles. The maximum atomic E-state index is 3.54. The third-order valence-electron chi connectivity index (χ3n) is 4.30. The number of para-hydroxylation sites is 1. The number of anilines is 2. The van der Waals surface area contributed by atoms with Crippen LogP contribution in [0.2, 0.25) is 0 Å². The van der Waals surface area contributed by atoms with Gasteiger partial charge in [0.2, 0.25) is 0 Å². The first-order valence-corrected chi connectivity index (χ1v) is 7.41. The van der Waals surface area contributed by atoms with Gasteiger partial charge in [-0.25, -0.2) is 0 Å². The molecule has 0 fully saturated rings. The van der Waals surface area contributed by atoms with Crippen molar-refractivity contribution in [2.75, 3.05) is 23.8 Å². The lowest BCUT2D eigenvalue weighted by molar-refractivity contribution is 0.635. The monoisotopic (exact) mass is 266 g/mol. The van der Waals surface area contributed by atoms with E-state index in [4.69, 9.17) is 0 Å². The summed E-state index contributed by atoms with van der Waals surface area (Å²) in [5, 5.41) is 3.54. The van der Waals surface area contributed by atoms with Gasteiger partial charge < -0.3 is 10.2 Å². The molecule has 2 aromatic rings. The minimum Gasteiger partial charge on any atom is -0.383 e. The minimum absolute atomic E-state index is 0.511. The first kappa shape index (κ1) is 13.0. The quantitative estimate of drug-likeness (QED) is 0.911. The van der Waals surface area contributed by atoms with Crippen LogP contribution < -0.4 is 10.2 Å². The Hall–Kier alpha value is -1.96. The molecule has 1 N–H and O–H groups in total. The summed E-state index contributed by atoms with van der Waals surface area (Å²) in [6.45, 7) is 3.20. The number of benzene rings is 2. The van der Waals surface area contributed by atoms with Gasteiger partial charge in [0.05, 0.1) is 0 Å². The fourth-order valence-corrected chi connectivity index (χ4v) is 2.88. The number of rotatable bonds is 3. The maximum absolute atomic E-state index is 3.54. The highest BCUT2D eigenvalue weighted by atomic mass is 15.2. The molecule has 1 atom stereocenters. The predicted molar refractivity (Wildman–Crippen MR) is 86.6 cm³/mol. The number of nitrogens with one attached hydrogen (secondary N) is 1. The summed E-state index contributed by atoms with van der Waals surface area (Å²) in [5.41, 5.74) is 5.40. The lowest BCUT2D eigenvalue weighted by Crippen LogP contribution is -2.41. The minimum atomic E-state index is 0.511. The molecule has 2 heteroatoms. The summed E-state index contributed by atoms with van der Waals surface area (Å²) in [4.78, 5) is 2.39. The molecule has 0 radical (unpaired) electrons. The van der Waals surface area contributed by atoms with Crippen LogP contribution in [-0.2, 0) is 12.8 Å². The molecular formula is C18H22N2. The van der Waals surface area contributed by atoms with E-state index in [1.807, 2.05) is 0 Å². The van der Waals surface area contributed by atoms with Crippen molar-refractivity contribution in [2.24, 2.45) is 0 Å². The fourth-order valence-electron chi connectivity index (χ4n) is 2.88. The van der Waals surface area contributed by atoms with Crippen LogP contribution in [-0.4, -0.2) is 19.6 Å². The third-order valence-corrected chi connectivity index (χ3v) is 4.30. The van der Waals surface area contributed by atoms with Crippen LogP contribution in [0.1, 0.15) is 18.1 Å². The zero-order valence-electron chi connectivity index (χ0n) is 12.3. The van der Waals surface area contributed by atoms with Crippen LogP contribution in [0.5, 0.6) is 0 Å². The second kappa shape index (κ2) is 5.58. The van der Waals surface area contributed by atoms with E-state index in [1.165, 1.54) is 22.5 Å². The second-order valence-electron chi connectivity index (χ2n) is 5.53. The van der Waals surface area contributed by atoms with Crippen molar-refractivity contribution in [1.29, 1.82) is 0 Å². The van der Waals surface area contributed by atoms with Gasteiger partial charge in [0.1, 0.15) is 0 Å². The molecule has 3 rings (SSSR count). The van der Waals surface area contributed by atoms with Gasteiger partial charge in [-0.05, 0) is 42.2 Å². The molecule has 2 aromatic carbocycles. The largest absolute Gasteiger partial charge is 0.383 e. The molecule has 1 aliphatic heterocycles.